The first-order valence-corrected chi connectivity index (χ1v) is 6.54. The number of allylic oxidation sites excluding steroid dienone is 2. The van der Waals surface area contributed by atoms with Crippen LogP contribution in [-0.2, 0) is 4.79 Å². The maximum Gasteiger partial charge on any atom is 0.180 e. The molecule has 0 spiro atoms. The molecule has 2 heterocycles. The van der Waals surface area contributed by atoms with Crippen LogP contribution in [0.5, 0.6) is 0 Å². The molecule has 0 amide bonds. The molecule has 78 valence electrons. The van der Waals surface area contributed by atoms with Gasteiger partial charge in [-0.25, -0.2) is 0 Å². The highest BCUT2D eigenvalue weighted by Gasteiger charge is 2.08. The fourth-order valence-corrected chi connectivity index (χ4v) is 3.43. The van der Waals surface area contributed by atoms with Crippen molar-refractivity contribution in [2.75, 3.05) is 11.5 Å². The van der Waals surface area contributed by atoms with E-state index in [9.17, 15) is 4.79 Å². The molecule has 2 nitrogen and oxygen atoms in total. The third kappa shape index (κ3) is 3.32. The van der Waals surface area contributed by atoms with Gasteiger partial charge in [-0.3, -0.25) is 4.79 Å². The van der Waals surface area contributed by atoms with Crippen molar-refractivity contribution >= 4 is 35.4 Å². The lowest BCUT2D eigenvalue weighted by Crippen LogP contribution is -1.85. The van der Waals surface area contributed by atoms with Gasteiger partial charge in [0.2, 0.25) is 0 Å². The van der Waals surface area contributed by atoms with Crippen molar-refractivity contribution in [3.05, 3.63) is 40.5 Å². The van der Waals surface area contributed by atoms with Crippen molar-refractivity contribution in [3.8, 4) is 0 Å². The Kier molecular flexibility index (Phi) is 3.75. The lowest BCUT2D eigenvalue weighted by atomic mass is 10.3. The molecular formula is C11H10O2S2. The van der Waals surface area contributed by atoms with Crippen LogP contribution in [0.15, 0.2) is 39.2 Å². The van der Waals surface area contributed by atoms with Crippen LogP contribution in [0.4, 0.5) is 0 Å². The smallest absolute Gasteiger partial charge is 0.180 e. The van der Waals surface area contributed by atoms with Gasteiger partial charge < -0.3 is 4.42 Å². The molecular weight excluding hydrogens is 228 g/mol. The zero-order valence-electron chi connectivity index (χ0n) is 8.01. The number of hydrogen-bond donors (Lipinski definition) is 0. The Morgan fingerprint density at radius 2 is 2.20 bits per heavy atom. The molecule has 0 bridgehead atoms. The van der Waals surface area contributed by atoms with Gasteiger partial charge in [0.1, 0.15) is 5.76 Å². The Labute approximate surface area is 96.8 Å². The van der Waals surface area contributed by atoms with Gasteiger partial charge in [-0.2, -0.15) is 0 Å². The van der Waals surface area contributed by atoms with Crippen LogP contribution in [0.1, 0.15) is 5.76 Å². The number of carbonyl (C=O) groups is 1. The van der Waals surface area contributed by atoms with Crippen LogP contribution in [0, 0.1) is 0 Å². The van der Waals surface area contributed by atoms with Gasteiger partial charge >= 0.3 is 0 Å². The van der Waals surface area contributed by atoms with Gasteiger partial charge in [-0.15, -0.1) is 23.5 Å². The third-order valence-corrected chi connectivity index (χ3v) is 4.37. The van der Waals surface area contributed by atoms with Crippen LogP contribution in [0.3, 0.4) is 0 Å². The summed E-state index contributed by atoms with van der Waals surface area (Å²) in [6.45, 7) is 0. The molecule has 1 aliphatic rings. The number of furan rings is 1. The standard InChI is InChI=1S/C11H10O2S2/c12-9(8-11-14-6-7-15-11)3-4-10-2-1-5-13-10/h1-5,8H,6-7H2/b4-3-. The SMILES string of the molecule is O=C(C=C1SCCS1)/C=C\c1ccco1. The Bertz CT molecular complexity index is 383. The fourth-order valence-electron chi connectivity index (χ4n) is 1.12. The van der Waals surface area contributed by atoms with Gasteiger partial charge in [0, 0.05) is 21.8 Å². The van der Waals surface area contributed by atoms with E-state index in [0.29, 0.717) is 5.76 Å². The molecule has 1 saturated heterocycles. The summed E-state index contributed by atoms with van der Waals surface area (Å²) in [7, 11) is 0. The summed E-state index contributed by atoms with van der Waals surface area (Å²) in [5, 5.41) is 0. The van der Waals surface area contributed by atoms with Gasteiger partial charge in [-0.1, -0.05) is 0 Å². The van der Waals surface area contributed by atoms with E-state index < -0.39 is 0 Å². The van der Waals surface area contributed by atoms with Gasteiger partial charge in [-0.05, 0) is 24.3 Å². The second kappa shape index (κ2) is 5.28. The van der Waals surface area contributed by atoms with E-state index in [1.165, 1.54) is 6.08 Å². The van der Waals surface area contributed by atoms with Gasteiger partial charge in [0.15, 0.2) is 5.78 Å². The Morgan fingerprint density at radius 3 is 2.87 bits per heavy atom. The minimum Gasteiger partial charge on any atom is -0.465 e. The predicted molar refractivity (Wildman–Crippen MR) is 65.7 cm³/mol. The van der Waals surface area contributed by atoms with Gasteiger partial charge in [0.25, 0.3) is 0 Å². The zero-order valence-corrected chi connectivity index (χ0v) is 9.64. The fraction of sp³-hybridized carbons (Fsp3) is 0.182. The maximum absolute atomic E-state index is 11.5. The molecule has 0 N–H and O–H groups in total. The summed E-state index contributed by atoms with van der Waals surface area (Å²) in [6.07, 6.45) is 6.49. The van der Waals surface area contributed by atoms with Crippen molar-refractivity contribution in [1.29, 1.82) is 0 Å². The molecule has 0 saturated carbocycles. The lowest BCUT2D eigenvalue weighted by molar-refractivity contribution is -0.110. The van der Waals surface area contributed by atoms with Crippen LogP contribution in [-0.4, -0.2) is 17.3 Å². The quantitative estimate of drug-likeness (QED) is 0.757. The summed E-state index contributed by atoms with van der Waals surface area (Å²) < 4.78 is 6.20. The van der Waals surface area contributed by atoms with E-state index in [2.05, 4.69) is 0 Å². The molecule has 1 aromatic rings. The van der Waals surface area contributed by atoms with E-state index in [1.54, 1.807) is 48.0 Å². The largest absolute Gasteiger partial charge is 0.465 e. The monoisotopic (exact) mass is 238 g/mol. The summed E-state index contributed by atoms with van der Waals surface area (Å²) in [5.41, 5.74) is 0. The average Bonchev–Trinajstić information content (AvgIpc) is 2.86. The Morgan fingerprint density at radius 1 is 1.40 bits per heavy atom. The van der Waals surface area contributed by atoms with Crippen molar-refractivity contribution in [2.24, 2.45) is 0 Å². The van der Waals surface area contributed by atoms with E-state index in [4.69, 9.17) is 4.42 Å². The molecule has 0 aliphatic carbocycles. The summed E-state index contributed by atoms with van der Waals surface area (Å²) in [6, 6.07) is 3.61. The van der Waals surface area contributed by atoms with E-state index in [-0.39, 0.29) is 5.78 Å². The molecule has 1 aliphatic heterocycles. The third-order valence-electron chi connectivity index (χ3n) is 1.79. The first-order chi connectivity index (χ1) is 7.34. The number of thioether (sulfide) groups is 2. The molecule has 0 radical (unpaired) electrons. The highest BCUT2D eigenvalue weighted by molar-refractivity contribution is 8.25. The number of hydrogen-bond acceptors (Lipinski definition) is 4. The summed E-state index contributed by atoms with van der Waals surface area (Å²) >= 11 is 3.48. The average molecular weight is 238 g/mol. The summed E-state index contributed by atoms with van der Waals surface area (Å²) in [5.74, 6) is 2.92. The van der Waals surface area contributed by atoms with Crippen molar-refractivity contribution in [3.63, 3.8) is 0 Å². The Hall–Kier alpha value is -0.870. The second-order valence-electron chi connectivity index (χ2n) is 2.91. The van der Waals surface area contributed by atoms with Crippen LogP contribution < -0.4 is 0 Å². The Balaban J connectivity index is 1.95. The highest BCUT2D eigenvalue weighted by Crippen LogP contribution is 2.35. The molecule has 0 atom stereocenters. The maximum atomic E-state index is 11.5. The molecule has 0 aromatic carbocycles. The van der Waals surface area contributed by atoms with Crippen LogP contribution in [0.25, 0.3) is 6.08 Å². The molecule has 2 rings (SSSR count). The molecule has 15 heavy (non-hydrogen) atoms. The topological polar surface area (TPSA) is 30.2 Å². The van der Waals surface area contributed by atoms with E-state index in [1.807, 2.05) is 6.07 Å². The van der Waals surface area contributed by atoms with Gasteiger partial charge in [0.05, 0.1) is 6.26 Å². The zero-order chi connectivity index (χ0) is 10.5. The molecule has 1 aromatic heterocycles. The number of carbonyl (C=O) groups excluding carboxylic acids is 1. The number of ketones is 1. The van der Waals surface area contributed by atoms with Crippen LogP contribution in [0.2, 0.25) is 0 Å². The second-order valence-corrected chi connectivity index (χ2v) is 5.44. The highest BCUT2D eigenvalue weighted by atomic mass is 32.2. The van der Waals surface area contributed by atoms with E-state index in [0.717, 1.165) is 15.7 Å². The summed E-state index contributed by atoms with van der Waals surface area (Å²) in [4.78, 5) is 11.5. The minimum atomic E-state index is 0.0169. The van der Waals surface area contributed by atoms with Crippen molar-refractivity contribution in [1.82, 2.24) is 0 Å². The lowest BCUT2D eigenvalue weighted by Gasteiger charge is -1.89. The van der Waals surface area contributed by atoms with Crippen LogP contribution >= 0.6 is 23.5 Å². The van der Waals surface area contributed by atoms with E-state index >= 15 is 0 Å². The predicted octanol–water partition coefficient (Wildman–Crippen LogP) is 3.18. The molecule has 4 heteroatoms. The normalized spacial score (nSPS) is 16.1. The molecule has 0 unspecified atom stereocenters. The van der Waals surface area contributed by atoms with Crippen molar-refractivity contribution in [2.45, 2.75) is 0 Å². The van der Waals surface area contributed by atoms with Crippen molar-refractivity contribution < 1.29 is 9.21 Å². The number of rotatable bonds is 3. The molecule has 1 fully saturated rings. The first-order valence-electron chi connectivity index (χ1n) is 4.57. The first kappa shape index (κ1) is 10.6. The minimum absolute atomic E-state index is 0.0169.